The van der Waals surface area contributed by atoms with Gasteiger partial charge in [0.25, 0.3) is 11.7 Å². The number of hydrogen-bond acceptors (Lipinski definition) is 4. The number of ketones is 1. The molecule has 3 heterocycles. The number of Topliss-reactive ketones (excluding diaryl/α,β-unsaturated/α-hetero) is 1. The van der Waals surface area contributed by atoms with E-state index in [1.54, 1.807) is 30.3 Å². The molecular weight excluding hydrogens is 282 g/mol. The smallest absolute Gasteiger partial charge is 0.295 e. The first kappa shape index (κ1) is 14.7. The van der Waals surface area contributed by atoms with E-state index in [9.17, 15) is 14.4 Å². The van der Waals surface area contributed by atoms with Gasteiger partial charge in [0.15, 0.2) is 0 Å². The van der Waals surface area contributed by atoms with Crippen molar-refractivity contribution < 1.29 is 14.4 Å². The van der Waals surface area contributed by atoms with Crippen molar-refractivity contribution in [3.8, 4) is 0 Å². The van der Waals surface area contributed by atoms with Crippen LogP contribution in [-0.4, -0.2) is 59.1 Å². The summed E-state index contributed by atoms with van der Waals surface area (Å²) in [6.45, 7) is 1.58. The highest BCUT2D eigenvalue weighted by atomic mass is 16.2. The minimum Gasteiger partial charge on any atom is -0.345 e. The summed E-state index contributed by atoms with van der Waals surface area (Å²) in [5.41, 5.74) is -0.196. The third kappa shape index (κ3) is 2.38. The predicted molar refractivity (Wildman–Crippen MR) is 79.1 cm³/mol. The van der Waals surface area contributed by atoms with Crippen LogP contribution >= 0.6 is 0 Å². The standard InChI is InChI=1S/C16H19N3O3/c1-18-8-3-5-16(15(18)22)6-9-19(11-16)14(21)13(20)12-4-2-7-17-10-12/h2,4,7,10H,3,5-6,8-9,11H2,1H3/t16-/m0/s1. The largest absolute Gasteiger partial charge is 0.345 e. The lowest BCUT2D eigenvalue weighted by atomic mass is 9.78. The number of hydrogen-bond donors (Lipinski definition) is 0. The number of likely N-dealkylation sites (tertiary alicyclic amines) is 2. The van der Waals surface area contributed by atoms with Crippen molar-refractivity contribution in [2.75, 3.05) is 26.7 Å². The number of carbonyl (C=O) groups is 3. The van der Waals surface area contributed by atoms with Gasteiger partial charge in [0.2, 0.25) is 5.91 Å². The highest BCUT2D eigenvalue weighted by Gasteiger charge is 2.49. The van der Waals surface area contributed by atoms with Gasteiger partial charge in [0, 0.05) is 44.6 Å². The summed E-state index contributed by atoms with van der Waals surface area (Å²) in [5.74, 6) is -0.990. The van der Waals surface area contributed by atoms with Gasteiger partial charge in [-0.2, -0.15) is 0 Å². The van der Waals surface area contributed by atoms with Crippen molar-refractivity contribution in [1.29, 1.82) is 0 Å². The molecule has 2 amide bonds. The molecule has 1 aromatic rings. The molecule has 2 aliphatic heterocycles. The second kappa shape index (κ2) is 5.51. The van der Waals surface area contributed by atoms with Crippen LogP contribution in [0.25, 0.3) is 0 Å². The summed E-state index contributed by atoms with van der Waals surface area (Å²) in [6.07, 6.45) is 5.33. The number of piperidine rings is 1. The number of carbonyl (C=O) groups excluding carboxylic acids is 3. The molecule has 0 N–H and O–H groups in total. The fourth-order valence-corrected chi connectivity index (χ4v) is 3.46. The first-order valence-corrected chi connectivity index (χ1v) is 7.53. The van der Waals surface area contributed by atoms with Gasteiger partial charge in [-0.1, -0.05) is 0 Å². The molecule has 0 saturated carbocycles. The number of aromatic nitrogens is 1. The normalized spacial score (nSPS) is 24.9. The Kier molecular flexibility index (Phi) is 3.68. The Morgan fingerprint density at radius 3 is 2.82 bits per heavy atom. The van der Waals surface area contributed by atoms with Crippen LogP contribution in [0.5, 0.6) is 0 Å². The fourth-order valence-electron chi connectivity index (χ4n) is 3.46. The van der Waals surface area contributed by atoms with E-state index in [2.05, 4.69) is 4.98 Å². The molecule has 0 unspecified atom stereocenters. The summed E-state index contributed by atoms with van der Waals surface area (Å²) in [5, 5.41) is 0. The van der Waals surface area contributed by atoms with Gasteiger partial charge in [-0.05, 0) is 31.4 Å². The molecule has 6 heteroatoms. The lowest BCUT2D eigenvalue weighted by molar-refractivity contribution is -0.144. The molecule has 1 aromatic heterocycles. The molecule has 0 aromatic carbocycles. The highest BCUT2D eigenvalue weighted by Crippen LogP contribution is 2.39. The molecule has 22 heavy (non-hydrogen) atoms. The molecule has 116 valence electrons. The Hall–Kier alpha value is -2.24. The van der Waals surface area contributed by atoms with Crippen molar-refractivity contribution in [3.05, 3.63) is 30.1 Å². The van der Waals surface area contributed by atoms with Crippen molar-refractivity contribution in [3.63, 3.8) is 0 Å². The molecule has 2 fully saturated rings. The van der Waals surface area contributed by atoms with E-state index in [1.807, 2.05) is 0 Å². The summed E-state index contributed by atoms with van der Waals surface area (Å²) in [6, 6.07) is 3.21. The molecular formula is C16H19N3O3. The average molecular weight is 301 g/mol. The van der Waals surface area contributed by atoms with Crippen molar-refractivity contribution in [2.24, 2.45) is 5.41 Å². The minimum absolute atomic E-state index is 0.0999. The summed E-state index contributed by atoms with van der Waals surface area (Å²) in [4.78, 5) is 44.2. The monoisotopic (exact) mass is 301 g/mol. The van der Waals surface area contributed by atoms with E-state index >= 15 is 0 Å². The van der Waals surface area contributed by atoms with Gasteiger partial charge in [-0.3, -0.25) is 19.4 Å². The van der Waals surface area contributed by atoms with Gasteiger partial charge in [0.05, 0.1) is 5.41 Å². The minimum atomic E-state index is -0.554. The maximum atomic E-state index is 12.5. The average Bonchev–Trinajstić information content (AvgIpc) is 2.97. The molecule has 0 bridgehead atoms. The van der Waals surface area contributed by atoms with E-state index in [0.29, 0.717) is 25.1 Å². The van der Waals surface area contributed by atoms with Crippen molar-refractivity contribution >= 4 is 17.6 Å². The third-order valence-electron chi connectivity index (χ3n) is 4.71. The molecule has 1 spiro atoms. The molecule has 2 saturated heterocycles. The summed E-state index contributed by atoms with van der Waals surface area (Å²) in [7, 11) is 1.80. The van der Waals surface area contributed by atoms with Crippen LogP contribution in [0.15, 0.2) is 24.5 Å². The summed E-state index contributed by atoms with van der Waals surface area (Å²) < 4.78 is 0. The van der Waals surface area contributed by atoms with Crippen molar-refractivity contribution in [2.45, 2.75) is 19.3 Å². The SMILES string of the molecule is CN1CCC[C@@]2(CCN(C(=O)C(=O)c3cccnc3)C2)C1=O. The van der Waals surface area contributed by atoms with E-state index in [-0.39, 0.29) is 5.91 Å². The van der Waals surface area contributed by atoms with Gasteiger partial charge in [-0.15, -0.1) is 0 Å². The van der Waals surface area contributed by atoms with Gasteiger partial charge < -0.3 is 9.80 Å². The molecule has 0 aliphatic carbocycles. The number of rotatable bonds is 2. The van der Waals surface area contributed by atoms with Crippen LogP contribution in [0.3, 0.4) is 0 Å². The van der Waals surface area contributed by atoms with E-state index < -0.39 is 17.1 Å². The number of amides is 2. The first-order valence-electron chi connectivity index (χ1n) is 7.53. The van der Waals surface area contributed by atoms with Crippen LogP contribution in [0.2, 0.25) is 0 Å². The Morgan fingerprint density at radius 2 is 2.09 bits per heavy atom. The molecule has 6 nitrogen and oxygen atoms in total. The maximum Gasteiger partial charge on any atom is 0.295 e. The highest BCUT2D eigenvalue weighted by molar-refractivity contribution is 6.42. The number of pyridine rings is 1. The second-order valence-corrected chi connectivity index (χ2v) is 6.16. The summed E-state index contributed by atoms with van der Waals surface area (Å²) >= 11 is 0. The topological polar surface area (TPSA) is 70.6 Å². The van der Waals surface area contributed by atoms with Crippen LogP contribution in [0, 0.1) is 5.41 Å². The Bertz CT molecular complexity index is 616. The van der Waals surface area contributed by atoms with Gasteiger partial charge in [-0.25, -0.2) is 0 Å². The lowest BCUT2D eigenvalue weighted by Crippen LogP contribution is -2.49. The molecule has 3 rings (SSSR count). The van der Waals surface area contributed by atoms with Gasteiger partial charge >= 0.3 is 0 Å². The van der Waals surface area contributed by atoms with E-state index in [0.717, 1.165) is 19.4 Å². The predicted octanol–water partition coefficient (Wildman–Crippen LogP) is 0.735. The quantitative estimate of drug-likeness (QED) is 0.596. The lowest BCUT2D eigenvalue weighted by Gasteiger charge is -2.37. The van der Waals surface area contributed by atoms with Crippen LogP contribution < -0.4 is 0 Å². The second-order valence-electron chi connectivity index (χ2n) is 6.16. The van der Waals surface area contributed by atoms with Crippen LogP contribution in [0.1, 0.15) is 29.6 Å². The zero-order valence-corrected chi connectivity index (χ0v) is 12.6. The van der Waals surface area contributed by atoms with Crippen LogP contribution in [-0.2, 0) is 9.59 Å². The maximum absolute atomic E-state index is 12.5. The fraction of sp³-hybridized carbons (Fsp3) is 0.500. The van der Waals surface area contributed by atoms with Crippen LogP contribution in [0.4, 0.5) is 0 Å². The van der Waals surface area contributed by atoms with E-state index in [4.69, 9.17) is 0 Å². The van der Waals surface area contributed by atoms with Crippen molar-refractivity contribution in [1.82, 2.24) is 14.8 Å². The zero-order valence-electron chi connectivity index (χ0n) is 12.6. The number of nitrogens with zero attached hydrogens (tertiary/aromatic N) is 3. The molecule has 2 aliphatic rings. The molecule has 0 radical (unpaired) electrons. The Labute approximate surface area is 129 Å². The zero-order chi connectivity index (χ0) is 15.7. The molecule has 1 atom stereocenters. The Morgan fingerprint density at radius 1 is 1.27 bits per heavy atom. The van der Waals surface area contributed by atoms with Gasteiger partial charge in [0.1, 0.15) is 0 Å². The third-order valence-corrected chi connectivity index (χ3v) is 4.71. The van der Waals surface area contributed by atoms with E-state index in [1.165, 1.54) is 11.1 Å². The first-order chi connectivity index (χ1) is 10.5. The Balaban J connectivity index is 1.74.